The molecule has 0 aromatic heterocycles. The zero-order valence-corrected chi connectivity index (χ0v) is 29.0. The first-order valence-electron chi connectivity index (χ1n) is 18.1. The third-order valence-corrected chi connectivity index (χ3v) is 11.3. The Morgan fingerprint density at radius 2 is 1.41 bits per heavy atom. The number of hydrogen-bond donors (Lipinski definition) is 0. The monoisotopic (exact) mass is 621 g/mol. The minimum Gasteiger partial charge on any atom is -0.462 e. The van der Waals surface area contributed by atoms with Crippen LogP contribution in [0.2, 0.25) is 0 Å². The molecule has 0 aromatic carbocycles. The van der Waals surface area contributed by atoms with E-state index in [0.29, 0.717) is 12.5 Å². The molecule has 4 bridgehead atoms. The molecular formula is C36H63NO7. The average molecular weight is 622 g/mol. The van der Waals surface area contributed by atoms with E-state index in [4.69, 9.17) is 23.7 Å². The first-order valence-corrected chi connectivity index (χ1v) is 18.1. The van der Waals surface area contributed by atoms with Crippen molar-refractivity contribution in [2.75, 3.05) is 14.1 Å². The second kappa shape index (κ2) is 16.6. The molecular weight excluding hydrogens is 558 g/mol. The van der Waals surface area contributed by atoms with E-state index in [1.54, 1.807) is 0 Å². The van der Waals surface area contributed by atoms with Crippen LogP contribution in [0.3, 0.4) is 0 Å². The molecule has 4 saturated heterocycles. The van der Waals surface area contributed by atoms with Gasteiger partial charge in [0.2, 0.25) is 0 Å². The highest BCUT2D eigenvalue weighted by molar-refractivity contribution is 5.73. The van der Waals surface area contributed by atoms with Crippen LogP contribution in [0.1, 0.15) is 125 Å². The topological polar surface area (TPSA) is 83.5 Å². The SMILES string of the molecule is CCC[C@@H]1C[C@@H]2CC[C@@H](O2)[C@@H](C)C(=O)O[C@@H]([C@H](CC)[C@H]2CC[C@@H](C[C@@H](CCC)N(C)C)O2)[C@H](C)[C@@H]2CC[C@@H](O2)[C@@H](C)C(=O)O1. The third-order valence-electron chi connectivity index (χ3n) is 11.3. The van der Waals surface area contributed by atoms with Crippen LogP contribution in [0.4, 0.5) is 0 Å². The summed E-state index contributed by atoms with van der Waals surface area (Å²) in [7, 11) is 4.33. The van der Waals surface area contributed by atoms with Gasteiger partial charge in [-0.15, -0.1) is 0 Å². The molecule has 4 fully saturated rings. The molecule has 0 aliphatic carbocycles. The molecule has 4 aliphatic heterocycles. The van der Waals surface area contributed by atoms with Crippen molar-refractivity contribution in [2.24, 2.45) is 23.7 Å². The van der Waals surface area contributed by atoms with E-state index in [-0.39, 0.29) is 84.4 Å². The molecule has 8 heteroatoms. The number of cyclic esters (lactones) is 2. The quantitative estimate of drug-likeness (QED) is 0.249. The number of fused-ring (bicyclic) bond motifs is 4. The molecule has 4 rings (SSSR count). The van der Waals surface area contributed by atoms with Crippen molar-refractivity contribution in [1.82, 2.24) is 4.90 Å². The Morgan fingerprint density at radius 3 is 2.07 bits per heavy atom. The van der Waals surface area contributed by atoms with E-state index in [0.717, 1.165) is 70.6 Å². The summed E-state index contributed by atoms with van der Waals surface area (Å²) in [6.45, 7) is 12.6. The number of carbonyl (C=O) groups is 2. The van der Waals surface area contributed by atoms with Crippen molar-refractivity contribution in [1.29, 1.82) is 0 Å². The van der Waals surface area contributed by atoms with Crippen LogP contribution < -0.4 is 0 Å². The summed E-state index contributed by atoms with van der Waals surface area (Å²) >= 11 is 0. The Kier molecular flexibility index (Phi) is 13.4. The highest BCUT2D eigenvalue weighted by Crippen LogP contribution is 2.40. The fourth-order valence-electron chi connectivity index (χ4n) is 8.32. The van der Waals surface area contributed by atoms with Gasteiger partial charge < -0.3 is 28.6 Å². The fourth-order valence-corrected chi connectivity index (χ4v) is 8.32. The minimum absolute atomic E-state index is 0.0180. The fraction of sp³-hybridized carbons (Fsp3) is 0.944. The number of hydrogen-bond acceptors (Lipinski definition) is 8. The van der Waals surface area contributed by atoms with Crippen LogP contribution in [0, 0.1) is 23.7 Å². The normalized spacial score (nSPS) is 40.2. The van der Waals surface area contributed by atoms with Crippen molar-refractivity contribution < 1.29 is 33.3 Å². The lowest BCUT2D eigenvalue weighted by Gasteiger charge is -2.38. The zero-order valence-electron chi connectivity index (χ0n) is 29.0. The van der Waals surface area contributed by atoms with Crippen molar-refractivity contribution in [3.63, 3.8) is 0 Å². The minimum atomic E-state index is -0.364. The summed E-state index contributed by atoms with van der Waals surface area (Å²) in [5.74, 6) is -1.01. The van der Waals surface area contributed by atoms with E-state index >= 15 is 0 Å². The Bertz CT molecular complexity index is 913. The molecule has 0 unspecified atom stereocenters. The maximum absolute atomic E-state index is 13.9. The lowest BCUT2D eigenvalue weighted by molar-refractivity contribution is -0.176. The van der Waals surface area contributed by atoms with E-state index in [2.05, 4.69) is 46.7 Å². The van der Waals surface area contributed by atoms with Crippen molar-refractivity contribution in [3.8, 4) is 0 Å². The summed E-state index contributed by atoms with van der Waals surface area (Å²) in [5.41, 5.74) is 0. The molecule has 0 saturated carbocycles. The predicted octanol–water partition coefficient (Wildman–Crippen LogP) is 6.71. The molecule has 4 heterocycles. The van der Waals surface area contributed by atoms with Crippen LogP contribution in [-0.4, -0.2) is 85.8 Å². The summed E-state index contributed by atoms with van der Waals surface area (Å²) in [5, 5.41) is 0. The molecule has 0 aromatic rings. The molecule has 13 atom stereocenters. The Labute approximate surface area is 267 Å². The Balaban J connectivity index is 1.54. The maximum Gasteiger partial charge on any atom is 0.311 e. The highest BCUT2D eigenvalue weighted by atomic mass is 16.6. The number of nitrogens with zero attached hydrogens (tertiary/aromatic N) is 1. The van der Waals surface area contributed by atoms with Crippen LogP contribution in [0.15, 0.2) is 0 Å². The van der Waals surface area contributed by atoms with E-state index in [1.165, 1.54) is 6.42 Å². The van der Waals surface area contributed by atoms with Gasteiger partial charge in [-0.2, -0.15) is 0 Å². The van der Waals surface area contributed by atoms with E-state index < -0.39 is 0 Å². The van der Waals surface area contributed by atoms with Gasteiger partial charge >= 0.3 is 11.9 Å². The largest absolute Gasteiger partial charge is 0.462 e. The number of ether oxygens (including phenoxy) is 5. The zero-order chi connectivity index (χ0) is 32.0. The highest BCUT2D eigenvalue weighted by Gasteiger charge is 2.46. The predicted molar refractivity (Wildman–Crippen MR) is 171 cm³/mol. The molecule has 0 amide bonds. The lowest BCUT2D eigenvalue weighted by Crippen LogP contribution is -2.45. The van der Waals surface area contributed by atoms with Crippen molar-refractivity contribution >= 4 is 11.9 Å². The lowest BCUT2D eigenvalue weighted by atomic mass is 9.81. The average Bonchev–Trinajstić information content (AvgIpc) is 3.77. The number of esters is 2. The molecule has 8 nitrogen and oxygen atoms in total. The van der Waals surface area contributed by atoms with Crippen LogP contribution in [0.25, 0.3) is 0 Å². The first-order chi connectivity index (χ1) is 21.1. The van der Waals surface area contributed by atoms with Gasteiger partial charge in [-0.25, -0.2) is 0 Å². The second-order valence-electron chi connectivity index (χ2n) is 14.7. The summed E-state index contributed by atoms with van der Waals surface area (Å²) in [6.07, 6.45) is 11.3. The summed E-state index contributed by atoms with van der Waals surface area (Å²) < 4.78 is 32.5. The van der Waals surface area contributed by atoms with Gasteiger partial charge in [0.05, 0.1) is 48.5 Å². The summed E-state index contributed by atoms with van der Waals surface area (Å²) in [4.78, 5) is 29.5. The molecule has 254 valence electrons. The van der Waals surface area contributed by atoms with Crippen LogP contribution >= 0.6 is 0 Å². The third kappa shape index (κ3) is 8.77. The molecule has 0 spiro atoms. The summed E-state index contributed by atoms with van der Waals surface area (Å²) in [6, 6.07) is 0.508. The van der Waals surface area contributed by atoms with E-state index in [1.807, 2.05) is 13.8 Å². The number of carbonyl (C=O) groups excluding carboxylic acids is 2. The second-order valence-corrected chi connectivity index (χ2v) is 14.7. The van der Waals surface area contributed by atoms with Gasteiger partial charge in [0.15, 0.2) is 0 Å². The van der Waals surface area contributed by atoms with Crippen LogP contribution in [-0.2, 0) is 33.3 Å². The standard InChI is InChI=1S/C36H63NO7/c1-9-12-25(37(7)8)20-27-15-17-33(41-27)29(11-3)34-22(4)30-18-19-32(43-30)24(6)35(38)42-26(13-10-2)21-28-14-16-31(40-28)23(5)36(39)44-34/h22-34H,9-21H2,1-8H3/t22-,23-,24-,25-,26-,27+,28+,29-,30+,31-,32-,33-,34-/m1/s1. The molecule has 4 aliphatic rings. The molecule has 0 radical (unpaired) electrons. The van der Waals surface area contributed by atoms with Gasteiger partial charge in [-0.1, -0.05) is 40.5 Å². The number of rotatable bonds is 10. The van der Waals surface area contributed by atoms with Crippen molar-refractivity contribution in [2.45, 2.75) is 180 Å². The Morgan fingerprint density at radius 1 is 0.750 bits per heavy atom. The maximum atomic E-state index is 13.9. The molecule has 44 heavy (non-hydrogen) atoms. The Hall–Kier alpha value is -1.22. The first kappa shape index (κ1) is 35.6. The van der Waals surface area contributed by atoms with E-state index in [9.17, 15) is 9.59 Å². The van der Waals surface area contributed by atoms with Gasteiger partial charge in [0, 0.05) is 24.3 Å². The van der Waals surface area contributed by atoms with Gasteiger partial charge in [-0.05, 0) is 92.2 Å². The van der Waals surface area contributed by atoms with Crippen LogP contribution in [0.5, 0.6) is 0 Å². The van der Waals surface area contributed by atoms with Gasteiger partial charge in [0.25, 0.3) is 0 Å². The molecule has 0 N–H and O–H groups in total. The smallest absolute Gasteiger partial charge is 0.311 e. The van der Waals surface area contributed by atoms with Gasteiger partial charge in [0.1, 0.15) is 12.2 Å². The van der Waals surface area contributed by atoms with Crippen molar-refractivity contribution in [3.05, 3.63) is 0 Å². The van der Waals surface area contributed by atoms with Gasteiger partial charge in [-0.3, -0.25) is 9.59 Å².